The minimum Gasteiger partial charge on any atom is -0.388 e. The second-order valence-corrected chi connectivity index (χ2v) is 4.83. The number of hydrogen-bond donors (Lipinski definition) is 2. The van der Waals surface area contributed by atoms with Crippen LogP contribution >= 0.6 is 0 Å². The fourth-order valence-electron chi connectivity index (χ4n) is 1.91. The number of carbonyl (C=O) groups excluding carboxylic acids is 1. The normalized spacial score (nSPS) is 16.9. The molecule has 1 aromatic carbocycles. The van der Waals surface area contributed by atoms with Crippen molar-refractivity contribution in [1.82, 2.24) is 5.32 Å². The largest absolute Gasteiger partial charge is 0.388 e. The number of rotatable bonds is 6. The van der Waals surface area contributed by atoms with Crippen molar-refractivity contribution in [2.45, 2.75) is 31.5 Å². The SMILES string of the molecule is O=C(COCc1ccccc1)NCC1(O)CCC1. The maximum Gasteiger partial charge on any atom is 0.246 e. The van der Waals surface area contributed by atoms with Crippen molar-refractivity contribution in [3.63, 3.8) is 0 Å². The molecule has 1 aliphatic rings. The predicted octanol–water partition coefficient (Wildman–Crippen LogP) is 1.23. The topological polar surface area (TPSA) is 58.6 Å². The van der Waals surface area contributed by atoms with E-state index in [0.717, 1.165) is 24.8 Å². The summed E-state index contributed by atoms with van der Waals surface area (Å²) in [5.41, 5.74) is 0.373. The zero-order valence-electron chi connectivity index (χ0n) is 10.4. The highest BCUT2D eigenvalue weighted by atomic mass is 16.5. The third-order valence-electron chi connectivity index (χ3n) is 3.24. The number of amides is 1. The lowest BCUT2D eigenvalue weighted by Crippen LogP contribution is -2.48. The van der Waals surface area contributed by atoms with Gasteiger partial charge in [0.25, 0.3) is 0 Å². The minimum absolute atomic E-state index is 0.0327. The van der Waals surface area contributed by atoms with Crippen molar-refractivity contribution in [3.05, 3.63) is 35.9 Å². The number of carbonyl (C=O) groups is 1. The van der Waals surface area contributed by atoms with Crippen molar-refractivity contribution in [1.29, 1.82) is 0 Å². The van der Waals surface area contributed by atoms with Crippen LogP contribution in [0.3, 0.4) is 0 Å². The molecule has 0 radical (unpaired) electrons. The maximum absolute atomic E-state index is 11.5. The molecule has 1 amide bonds. The van der Waals surface area contributed by atoms with Crippen LogP contribution in [-0.2, 0) is 16.1 Å². The van der Waals surface area contributed by atoms with Crippen molar-refractivity contribution < 1.29 is 14.6 Å². The van der Waals surface area contributed by atoms with Gasteiger partial charge in [0.2, 0.25) is 5.91 Å². The van der Waals surface area contributed by atoms with E-state index in [1.54, 1.807) is 0 Å². The van der Waals surface area contributed by atoms with Crippen LogP contribution in [0.4, 0.5) is 0 Å². The van der Waals surface area contributed by atoms with Crippen molar-refractivity contribution >= 4 is 5.91 Å². The molecule has 0 spiro atoms. The molecule has 18 heavy (non-hydrogen) atoms. The van der Waals surface area contributed by atoms with Crippen LogP contribution in [-0.4, -0.2) is 29.8 Å². The molecule has 2 N–H and O–H groups in total. The van der Waals surface area contributed by atoms with Gasteiger partial charge >= 0.3 is 0 Å². The van der Waals surface area contributed by atoms with Gasteiger partial charge in [0.05, 0.1) is 12.2 Å². The van der Waals surface area contributed by atoms with Crippen LogP contribution in [0.5, 0.6) is 0 Å². The van der Waals surface area contributed by atoms with E-state index >= 15 is 0 Å². The highest BCUT2D eigenvalue weighted by molar-refractivity contribution is 5.77. The third-order valence-corrected chi connectivity index (χ3v) is 3.24. The van der Waals surface area contributed by atoms with Gasteiger partial charge in [-0.1, -0.05) is 30.3 Å². The molecule has 0 aromatic heterocycles. The third kappa shape index (κ3) is 3.82. The minimum atomic E-state index is -0.672. The highest BCUT2D eigenvalue weighted by Gasteiger charge is 2.34. The van der Waals surface area contributed by atoms with Gasteiger partial charge in [-0.05, 0) is 24.8 Å². The summed E-state index contributed by atoms with van der Waals surface area (Å²) in [4.78, 5) is 11.5. The Morgan fingerprint density at radius 2 is 2.06 bits per heavy atom. The molecule has 1 saturated carbocycles. The van der Waals surface area contributed by atoms with Crippen LogP contribution in [0, 0.1) is 0 Å². The first kappa shape index (κ1) is 13.1. The molecule has 1 fully saturated rings. The van der Waals surface area contributed by atoms with Gasteiger partial charge < -0.3 is 15.2 Å². The summed E-state index contributed by atoms with van der Waals surface area (Å²) in [5.74, 6) is -0.175. The smallest absolute Gasteiger partial charge is 0.246 e. The highest BCUT2D eigenvalue weighted by Crippen LogP contribution is 2.30. The number of nitrogens with one attached hydrogen (secondary N) is 1. The maximum atomic E-state index is 11.5. The van der Waals surface area contributed by atoms with Crippen LogP contribution in [0.25, 0.3) is 0 Å². The molecule has 0 saturated heterocycles. The lowest BCUT2D eigenvalue weighted by atomic mass is 9.80. The van der Waals surface area contributed by atoms with Crippen molar-refractivity contribution in [2.24, 2.45) is 0 Å². The molecule has 4 nitrogen and oxygen atoms in total. The first-order valence-electron chi connectivity index (χ1n) is 6.29. The zero-order chi connectivity index (χ0) is 12.8. The summed E-state index contributed by atoms with van der Waals surface area (Å²) in [5, 5.41) is 12.5. The van der Waals surface area contributed by atoms with Gasteiger partial charge in [-0.2, -0.15) is 0 Å². The second-order valence-electron chi connectivity index (χ2n) is 4.83. The molecule has 0 atom stereocenters. The number of aliphatic hydroxyl groups is 1. The van der Waals surface area contributed by atoms with E-state index in [9.17, 15) is 9.90 Å². The van der Waals surface area contributed by atoms with Gasteiger partial charge in [0, 0.05) is 6.54 Å². The first-order chi connectivity index (χ1) is 8.68. The Kier molecular flexibility index (Phi) is 4.33. The summed E-state index contributed by atoms with van der Waals surface area (Å²) in [6, 6.07) is 9.72. The summed E-state index contributed by atoms with van der Waals surface area (Å²) in [6.45, 7) is 0.796. The fourth-order valence-corrected chi connectivity index (χ4v) is 1.91. The average Bonchev–Trinajstić information content (AvgIpc) is 2.35. The molecule has 0 bridgehead atoms. The van der Waals surface area contributed by atoms with Gasteiger partial charge in [0.15, 0.2) is 0 Å². The Bertz CT molecular complexity index is 387. The fraction of sp³-hybridized carbons (Fsp3) is 0.500. The number of hydrogen-bond acceptors (Lipinski definition) is 3. The molecular weight excluding hydrogens is 230 g/mol. The second kappa shape index (κ2) is 5.98. The molecule has 0 aliphatic heterocycles. The van der Waals surface area contributed by atoms with E-state index in [2.05, 4.69) is 5.32 Å². The van der Waals surface area contributed by atoms with Crippen LogP contribution in [0.1, 0.15) is 24.8 Å². The molecule has 98 valence electrons. The average molecular weight is 249 g/mol. The molecule has 0 unspecified atom stereocenters. The van der Waals surface area contributed by atoms with Crippen molar-refractivity contribution in [2.75, 3.05) is 13.2 Å². The zero-order valence-corrected chi connectivity index (χ0v) is 10.4. The summed E-state index contributed by atoms with van der Waals surface area (Å²) in [7, 11) is 0. The first-order valence-corrected chi connectivity index (χ1v) is 6.29. The Balaban J connectivity index is 1.60. The van der Waals surface area contributed by atoms with Crippen LogP contribution < -0.4 is 5.32 Å². The quantitative estimate of drug-likeness (QED) is 0.797. The van der Waals surface area contributed by atoms with Gasteiger partial charge in [-0.3, -0.25) is 4.79 Å². The molecule has 1 aliphatic carbocycles. The van der Waals surface area contributed by atoms with Crippen LogP contribution in [0.2, 0.25) is 0 Å². The molecule has 1 aromatic rings. The predicted molar refractivity (Wildman–Crippen MR) is 67.9 cm³/mol. The molecular formula is C14H19NO3. The Labute approximate surface area is 107 Å². The van der Waals surface area contributed by atoms with Gasteiger partial charge in [0.1, 0.15) is 6.61 Å². The Hall–Kier alpha value is -1.39. The van der Waals surface area contributed by atoms with E-state index in [0.29, 0.717) is 13.2 Å². The lowest BCUT2D eigenvalue weighted by Gasteiger charge is -2.36. The number of ether oxygens (including phenoxy) is 1. The monoisotopic (exact) mass is 249 g/mol. The van der Waals surface area contributed by atoms with E-state index in [1.807, 2.05) is 30.3 Å². The van der Waals surface area contributed by atoms with E-state index < -0.39 is 5.60 Å². The van der Waals surface area contributed by atoms with Crippen molar-refractivity contribution in [3.8, 4) is 0 Å². The standard InChI is InChI=1S/C14H19NO3/c16-13(15-11-14(17)7-4-8-14)10-18-9-12-5-2-1-3-6-12/h1-3,5-6,17H,4,7-11H2,(H,15,16). The summed E-state index contributed by atoms with van der Waals surface area (Å²) in [6.07, 6.45) is 2.59. The Morgan fingerprint density at radius 1 is 1.33 bits per heavy atom. The summed E-state index contributed by atoms with van der Waals surface area (Å²) < 4.78 is 5.30. The van der Waals surface area contributed by atoms with E-state index in [1.165, 1.54) is 0 Å². The number of benzene rings is 1. The summed E-state index contributed by atoms with van der Waals surface area (Å²) >= 11 is 0. The Morgan fingerprint density at radius 3 is 2.67 bits per heavy atom. The van der Waals surface area contributed by atoms with E-state index in [-0.39, 0.29) is 12.5 Å². The van der Waals surface area contributed by atoms with E-state index in [4.69, 9.17) is 4.74 Å². The van der Waals surface area contributed by atoms with Crippen LogP contribution in [0.15, 0.2) is 30.3 Å². The lowest BCUT2D eigenvalue weighted by molar-refractivity contribution is -0.128. The van der Waals surface area contributed by atoms with Gasteiger partial charge in [-0.15, -0.1) is 0 Å². The molecule has 2 rings (SSSR count). The molecule has 4 heteroatoms. The van der Waals surface area contributed by atoms with Gasteiger partial charge in [-0.25, -0.2) is 0 Å². The molecule has 0 heterocycles.